The highest BCUT2D eigenvalue weighted by Crippen LogP contribution is 2.21. The molecule has 0 saturated heterocycles. The van der Waals surface area contributed by atoms with Gasteiger partial charge in [-0.2, -0.15) is 11.8 Å². The van der Waals surface area contributed by atoms with E-state index < -0.39 is 23.6 Å². The van der Waals surface area contributed by atoms with Crippen LogP contribution in [0.2, 0.25) is 0 Å². The van der Waals surface area contributed by atoms with E-state index in [1.165, 1.54) is 11.8 Å². The molecule has 0 heterocycles. The predicted octanol–water partition coefficient (Wildman–Crippen LogP) is 2.13. The first-order chi connectivity index (χ1) is 8.99. The number of carbonyl (C=O) groups excluding carboxylic acids is 1. The molecule has 1 unspecified atom stereocenters. The Kier molecular flexibility index (Phi) is 5.75. The van der Waals surface area contributed by atoms with E-state index in [2.05, 4.69) is 0 Å². The molecule has 4 nitrogen and oxygen atoms in total. The summed E-state index contributed by atoms with van der Waals surface area (Å²) >= 11 is 1.42. The Morgan fingerprint density at radius 2 is 2.00 bits per heavy atom. The Morgan fingerprint density at radius 3 is 2.42 bits per heavy atom. The van der Waals surface area contributed by atoms with Gasteiger partial charge in [-0.1, -0.05) is 0 Å². The first-order valence-corrected chi connectivity index (χ1v) is 6.80. The van der Waals surface area contributed by atoms with Crippen LogP contribution in [-0.2, 0) is 9.59 Å². The molecule has 1 aromatic rings. The van der Waals surface area contributed by atoms with Crippen LogP contribution in [0.5, 0.6) is 0 Å². The molecule has 1 N–H and O–H groups in total. The predicted molar refractivity (Wildman–Crippen MR) is 69.3 cm³/mol. The number of hydrogen-bond acceptors (Lipinski definition) is 3. The van der Waals surface area contributed by atoms with Crippen molar-refractivity contribution in [3.63, 3.8) is 0 Å². The zero-order chi connectivity index (χ0) is 14.4. The third-order valence-electron chi connectivity index (χ3n) is 2.48. The Hall–Kier alpha value is -1.63. The van der Waals surface area contributed by atoms with Crippen molar-refractivity contribution >= 4 is 29.8 Å². The number of halogens is 2. The number of carboxylic acids is 1. The van der Waals surface area contributed by atoms with Gasteiger partial charge in [0.15, 0.2) is 0 Å². The van der Waals surface area contributed by atoms with E-state index in [1.54, 1.807) is 6.26 Å². The van der Waals surface area contributed by atoms with Crippen LogP contribution in [0, 0.1) is 11.6 Å². The van der Waals surface area contributed by atoms with Crippen molar-refractivity contribution in [3.8, 4) is 0 Å². The van der Waals surface area contributed by atoms with Crippen molar-refractivity contribution in [1.29, 1.82) is 0 Å². The van der Waals surface area contributed by atoms with Crippen LogP contribution in [0.4, 0.5) is 14.5 Å². The van der Waals surface area contributed by atoms with E-state index in [1.807, 2.05) is 0 Å². The van der Waals surface area contributed by atoms with E-state index in [4.69, 9.17) is 5.11 Å². The first-order valence-electron chi connectivity index (χ1n) is 5.41. The van der Waals surface area contributed by atoms with E-state index in [9.17, 15) is 18.4 Å². The molecule has 0 bridgehead atoms. The summed E-state index contributed by atoms with van der Waals surface area (Å²) in [5.41, 5.74) is -0.110. The van der Waals surface area contributed by atoms with E-state index in [0.29, 0.717) is 11.8 Å². The lowest BCUT2D eigenvalue weighted by molar-refractivity contribution is -0.139. The third kappa shape index (κ3) is 4.20. The van der Waals surface area contributed by atoms with Gasteiger partial charge in [-0.3, -0.25) is 4.79 Å². The van der Waals surface area contributed by atoms with Crippen molar-refractivity contribution < 1.29 is 23.5 Å². The second-order valence-corrected chi connectivity index (χ2v) is 4.76. The molecule has 0 fully saturated rings. The second kappa shape index (κ2) is 7.08. The Labute approximate surface area is 113 Å². The first kappa shape index (κ1) is 15.4. The van der Waals surface area contributed by atoms with Crippen molar-refractivity contribution in [3.05, 3.63) is 29.8 Å². The number of rotatable bonds is 7. The number of aliphatic carboxylic acids is 1. The lowest BCUT2D eigenvalue weighted by Crippen LogP contribution is -2.41. The number of amides is 1. The maximum atomic E-state index is 13.1. The quantitative estimate of drug-likeness (QED) is 0.781. The minimum Gasteiger partial charge on any atom is -0.480 e. The van der Waals surface area contributed by atoms with Crippen LogP contribution in [0.3, 0.4) is 0 Å². The van der Waals surface area contributed by atoms with Crippen LogP contribution in [0.1, 0.15) is 6.42 Å². The van der Waals surface area contributed by atoms with Crippen LogP contribution in [0.15, 0.2) is 18.2 Å². The lowest BCUT2D eigenvalue weighted by Gasteiger charge is -2.25. The number of anilines is 1. The van der Waals surface area contributed by atoms with Gasteiger partial charge in [0.2, 0.25) is 6.41 Å². The topological polar surface area (TPSA) is 57.6 Å². The molecule has 104 valence electrons. The van der Waals surface area contributed by atoms with Crippen molar-refractivity contribution in [2.24, 2.45) is 0 Å². The van der Waals surface area contributed by atoms with Gasteiger partial charge in [0.1, 0.15) is 17.7 Å². The van der Waals surface area contributed by atoms with Gasteiger partial charge >= 0.3 is 5.97 Å². The highest BCUT2D eigenvalue weighted by molar-refractivity contribution is 7.98. The summed E-state index contributed by atoms with van der Waals surface area (Å²) < 4.78 is 26.2. The molecular weight excluding hydrogens is 276 g/mol. The smallest absolute Gasteiger partial charge is 0.326 e. The fourth-order valence-electron chi connectivity index (χ4n) is 1.61. The Bertz CT molecular complexity index is 450. The number of hydrogen-bond donors (Lipinski definition) is 1. The molecule has 0 aliphatic carbocycles. The van der Waals surface area contributed by atoms with Crippen LogP contribution < -0.4 is 4.90 Å². The van der Waals surface area contributed by atoms with Crippen molar-refractivity contribution in [2.45, 2.75) is 12.5 Å². The molecule has 7 heteroatoms. The molecular formula is C12H13F2NO3S. The van der Waals surface area contributed by atoms with Gasteiger partial charge in [-0.05, 0) is 30.6 Å². The normalized spacial score (nSPS) is 11.9. The summed E-state index contributed by atoms with van der Waals surface area (Å²) in [6, 6.07) is 1.36. The SMILES string of the molecule is CSCCC(C(=O)O)N(C=O)c1cc(F)cc(F)c1. The van der Waals surface area contributed by atoms with E-state index in [0.717, 1.165) is 17.0 Å². The lowest BCUT2D eigenvalue weighted by atomic mass is 10.1. The molecule has 0 aliphatic rings. The fraction of sp³-hybridized carbons (Fsp3) is 0.333. The van der Waals surface area contributed by atoms with Crippen LogP contribution in [-0.4, -0.2) is 35.5 Å². The summed E-state index contributed by atoms with van der Waals surface area (Å²) in [4.78, 5) is 23.0. The third-order valence-corrected chi connectivity index (χ3v) is 3.12. The average Bonchev–Trinajstić information content (AvgIpc) is 2.32. The largest absolute Gasteiger partial charge is 0.480 e. The number of thioether (sulfide) groups is 1. The number of nitrogens with zero attached hydrogens (tertiary/aromatic N) is 1. The minimum absolute atomic E-state index is 0.110. The molecule has 0 aromatic heterocycles. The van der Waals surface area contributed by atoms with Crippen LogP contribution in [0.25, 0.3) is 0 Å². The molecule has 0 aliphatic heterocycles. The highest BCUT2D eigenvalue weighted by Gasteiger charge is 2.26. The molecule has 19 heavy (non-hydrogen) atoms. The average molecular weight is 289 g/mol. The van der Waals surface area contributed by atoms with Gasteiger partial charge in [0.25, 0.3) is 0 Å². The van der Waals surface area contributed by atoms with E-state index >= 15 is 0 Å². The number of carboxylic acid groups (broad SMARTS) is 1. The standard InChI is InChI=1S/C12H13F2NO3S/c1-19-3-2-11(12(17)18)15(7-16)10-5-8(13)4-9(14)6-10/h4-7,11H,2-3H2,1H3,(H,17,18). The van der Waals surface area contributed by atoms with Gasteiger partial charge in [-0.25, -0.2) is 13.6 Å². The molecule has 1 amide bonds. The van der Waals surface area contributed by atoms with Gasteiger partial charge in [0, 0.05) is 6.07 Å². The maximum absolute atomic E-state index is 13.1. The Balaban J connectivity index is 3.08. The summed E-state index contributed by atoms with van der Waals surface area (Å²) in [5.74, 6) is -2.43. The number of carbonyl (C=O) groups is 2. The monoisotopic (exact) mass is 289 g/mol. The van der Waals surface area contributed by atoms with E-state index in [-0.39, 0.29) is 18.5 Å². The molecule has 0 spiro atoms. The summed E-state index contributed by atoms with van der Waals surface area (Å²) in [7, 11) is 0. The zero-order valence-corrected chi connectivity index (χ0v) is 11.0. The maximum Gasteiger partial charge on any atom is 0.326 e. The highest BCUT2D eigenvalue weighted by atomic mass is 32.2. The van der Waals surface area contributed by atoms with Gasteiger partial charge < -0.3 is 10.0 Å². The Morgan fingerprint density at radius 1 is 1.42 bits per heavy atom. The fourth-order valence-corrected chi connectivity index (χ4v) is 2.07. The zero-order valence-electron chi connectivity index (χ0n) is 10.2. The molecule has 0 radical (unpaired) electrons. The number of benzene rings is 1. The van der Waals surface area contributed by atoms with Crippen LogP contribution >= 0.6 is 11.8 Å². The molecule has 1 atom stereocenters. The summed E-state index contributed by atoms with van der Waals surface area (Å²) in [6.45, 7) is 0. The summed E-state index contributed by atoms with van der Waals surface area (Å²) in [6.07, 6.45) is 2.26. The molecule has 1 aromatic carbocycles. The molecule has 0 saturated carbocycles. The van der Waals surface area contributed by atoms with Crippen molar-refractivity contribution in [1.82, 2.24) is 0 Å². The van der Waals surface area contributed by atoms with Crippen molar-refractivity contribution in [2.75, 3.05) is 16.9 Å². The van der Waals surface area contributed by atoms with Gasteiger partial charge in [-0.15, -0.1) is 0 Å². The van der Waals surface area contributed by atoms with Gasteiger partial charge in [0.05, 0.1) is 5.69 Å². The second-order valence-electron chi connectivity index (χ2n) is 3.78. The minimum atomic E-state index is -1.22. The molecule has 1 rings (SSSR count). The summed E-state index contributed by atoms with van der Waals surface area (Å²) in [5, 5.41) is 9.10.